The molecule has 1 aliphatic rings. The molecule has 1 saturated carbocycles. The maximum Gasteiger partial charge on any atom is 0.151 e. The summed E-state index contributed by atoms with van der Waals surface area (Å²) >= 11 is 0. The standard InChI is InChI=1S/C25H22FNO2/c1-15-11-18(17-6-8-20(26)9-7-17)12-16(2)23(15)24-22(28)14-19(25(24)29)13-21-5-3-4-10-27-21/h3-12,19,24H,13-14H2,1-2H3. The number of carbonyl (C=O) groups excluding carboxylic acids is 2. The first kappa shape index (κ1) is 19.2. The number of hydrogen-bond donors (Lipinski definition) is 0. The van der Waals surface area contributed by atoms with Crippen molar-refractivity contribution in [1.82, 2.24) is 4.98 Å². The minimum atomic E-state index is -0.703. The first-order chi connectivity index (χ1) is 13.9. The average molecular weight is 387 g/mol. The molecule has 146 valence electrons. The van der Waals surface area contributed by atoms with Crippen LogP contribution in [0.1, 0.15) is 34.7 Å². The molecule has 2 aromatic carbocycles. The molecule has 0 spiro atoms. The van der Waals surface area contributed by atoms with Crippen molar-refractivity contribution in [2.24, 2.45) is 5.92 Å². The second-order valence-electron chi connectivity index (χ2n) is 7.76. The van der Waals surface area contributed by atoms with Gasteiger partial charge in [-0.2, -0.15) is 0 Å². The highest BCUT2D eigenvalue weighted by atomic mass is 19.1. The maximum atomic E-state index is 13.2. The van der Waals surface area contributed by atoms with Crippen LogP contribution < -0.4 is 0 Å². The zero-order valence-corrected chi connectivity index (χ0v) is 16.5. The van der Waals surface area contributed by atoms with E-state index in [9.17, 15) is 14.0 Å². The van der Waals surface area contributed by atoms with E-state index in [2.05, 4.69) is 4.98 Å². The summed E-state index contributed by atoms with van der Waals surface area (Å²) in [5.74, 6) is -1.33. The summed E-state index contributed by atoms with van der Waals surface area (Å²) < 4.78 is 13.2. The van der Waals surface area contributed by atoms with Crippen molar-refractivity contribution < 1.29 is 14.0 Å². The van der Waals surface area contributed by atoms with Gasteiger partial charge in [0.05, 0.1) is 0 Å². The molecule has 1 aliphatic carbocycles. The van der Waals surface area contributed by atoms with E-state index in [0.717, 1.165) is 33.5 Å². The van der Waals surface area contributed by atoms with Crippen LogP contribution in [0.15, 0.2) is 60.8 Å². The molecule has 3 nitrogen and oxygen atoms in total. The number of carbonyl (C=O) groups is 2. The van der Waals surface area contributed by atoms with Gasteiger partial charge in [-0.1, -0.05) is 30.3 Å². The predicted molar refractivity (Wildman–Crippen MR) is 110 cm³/mol. The number of hydrogen-bond acceptors (Lipinski definition) is 3. The van der Waals surface area contributed by atoms with E-state index in [4.69, 9.17) is 0 Å². The Morgan fingerprint density at radius 2 is 1.66 bits per heavy atom. The van der Waals surface area contributed by atoms with Crippen molar-refractivity contribution in [3.05, 3.63) is 89.0 Å². The molecule has 3 aromatic rings. The summed E-state index contributed by atoms with van der Waals surface area (Å²) in [6.07, 6.45) is 2.46. The van der Waals surface area contributed by atoms with E-state index in [0.29, 0.717) is 6.42 Å². The lowest BCUT2D eigenvalue weighted by molar-refractivity contribution is -0.124. The summed E-state index contributed by atoms with van der Waals surface area (Å²) in [5, 5.41) is 0. The third-order valence-electron chi connectivity index (χ3n) is 5.70. The number of pyridine rings is 1. The summed E-state index contributed by atoms with van der Waals surface area (Å²) in [6.45, 7) is 3.87. The fourth-order valence-corrected chi connectivity index (χ4v) is 4.34. The van der Waals surface area contributed by atoms with E-state index in [1.165, 1.54) is 12.1 Å². The third-order valence-corrected chi connectivity index (χ3v) is 5.70. The van der Waals surface area contributed by atoms with E-state index in [1.54, 1.807) is 18.3 Å². The van der Waals surface area contributed by atoms with Crippen LogP contribution in [0.2, 0.25) is 0 Å². The minimum absolute atomic E-state index is 0.0126. The smallest absolute Gasteiger partial charge is 0.151 e. The van der Waals surface area contributed by atoms with Crippen LogP contribution in [-0.2, 0) is 16.0 Å². The molecule has 0 amide bonds. The summed E-state index contributed by atoms with van der Waals surface area (Å²) in [6, 6.07) is 15.9. The van der Waals surface area contributed by atoms with Gasteiger partial charge >= 0.3 is 0 Å². The van der Waals surface area contributed by atoms with Crippen molar-refractivity contribution in [2.45, 2.75) is 32.6 Å². The lowest BCUT2D eigenvalue weighted by Gasteiger charge is -2.17. The van der Waals surface area contributed by atoms with Crippen molar-refractivity contribution in [3.63, 3.8) is 0 Å². The zero-order chi connectivity index (χ0) is 20.5. The van der Waals surface area contributed by atoms with Crippen LogP contribution in [0.25, 0.3) is 11.1 Å². The van der Waals surface area contributed by atoms with Gasteiger partial charge in [0.2, 0.25) is 0 Å². The van der Waals surface area contributed by atoms with Crippen molar-refractivity contribution >= 4 is 11.6 Å². The van der Waals surface area contributed by atoms with E-state index >= 15 is 0 Å². The highest BCUT2D eigenvalue weighted by molar-refractivity contribution is 6.15. The number of Topliss-reactive ketones (excluding diaryl/α,β-unsaturated/α-hetero) is 2. The van der Waals surface area contributed by atoms with Crippen LogP contribution >= 0.6 is 0 Å². The highest BCUT2D eigenvalue weighted by Crippen LogP contribution is 2.38. The maximum absolute atomic E-state index is 13.2. The molecule has 29 heavy (non-hydrogen) atoms. The quantitative estimate of drug-likeness (QED) is 0.593. The average Bonchev–Trinajstić information content (AvgIpc) is 2.96. The third kappa shape index (κ3) is 3.75. The Kier molecular flexibility index (Phi) is 5.10. The van der Waals surface area contributed by atoms with E-state index in [-0.39, 0.29) is 29.7 Å². The van der Waals surface area contributed by atoms with Gasteiger partial charge in [-0.25, -0.2) is 4.39 Å². The molecule has 2 unspecified atom stereocenters. The van der Waals surface area contributed by atoms with Gasteiger partial charge in [-0.05, 0) is 72.4 Å². The minimum Gasteiger partial charge on any atom is -0.298 e. The van der Waals surface area contributed by atoms with Gasteiger partial charge in [0, 0.05) is 24.2 Å². The number of rotatable bonds is 4. The molecule has 0 saturated heterocycles. The van der Waals surface area contributed by atoms with Gasteiger partial charge in [0.15, 0.2) is 5.78 Å². The first-order valence-corrected chi connectivity index (χ1v) is 9.77. The molecule has 0 bridgehead atoms. The largest absolute Gasteiger partial charge is 0.298 e. The molecule has 0 aliphatic heterocycles. The molecule has 2 atom stereocenters. The number of nitrogens with zero attached hydrogens (tertiary/aromatic N) is 1. The van der Waals surface area contributed by atoms with Crippen LogP contribution in [0.5, 0.6) is 0 Å². The molecule has 4 heteroatoms. The number of aromatic nitrogens is 1. The fraction of sp³-hybridized carbons (Fsp3) is 0.240. The Hall–Kier alpha value is -3.14. The molecular formula is C25H22FNO2. The SMILES string of the molecule is Cc1cc(-c2ccc(F)cc2)cc(C)c1C1C(=O)CC(Cc2ccccn2)C1=O. The second-order valence-corrected chi connectivity index (χ2v) is 7.76. The number of aryl methyl sites for hydroxylation is 2. The molecule has 1 aromatic heterocycles. The molecule has 1 fully saturated rings. The summed E-state index contributed by atoms with van der Waals surface area (Å²) in [7, 11) is 0. The van der Waals surface area contributed by atoms with Crippen LogP contribution in [0.3, 0.4) is 0 Å². The topological polar surface area (TPSA) is 47.0 Å². The molecule has 0 radical (unpaired) electrons. The predicted octanol–water partition coefficient (Wildman–Crippen LogP) is 4.99. The first-order valence-electron chi connectivity index (χ1n) is 9.77. The Morgan fingerprint density at radius 3 is 2.28 bits per heavy atom. The molecule has 1 heterocycles. The Balaban J connectivity index is 1.64. The van der Waals surface area contributed by atoms with Crippen LogP contribution in [0.4, 0.5) is 4.39 Å². The van der Waals surface area contributed by atoms with Crippen molar-refractivity contribution in [1.29, 1.82) is 0 Å². The fourth-order valence-electron chi connectivity index (χ4n) is 4.34. The highest BCUT2D eigenvalue weighted by Gasteiger charge is 2.43. The Morgan fingerprint density at radius 1 is 0.966 bits per heavy atom. The summed E-state index contributed by atoms with van der Waals surface area (Å²) in [4.78, 5) is 30.2. The van der Waals surface area contributed by atoms with Crippen molar-refractivity contribution in [2.75, 3.05) is 0 Å². The summed E-state index contributed by atoms with van der Waals surface area (Å²) in [5.41, 5.74) is 5.32. The second kappa shape index (κ2) is 7.70. The molecule has 0 N–H and O–H groups in total. The Labute approximate surface area is 169 Å². The van der Waals surface area contributed by atoms with Gasteiger partial charge in [0.25, 0.3) is 0 Å². The normalized spacial score (nSPS) is 19.0. The van der Waals surface area contributed by atoms with E-state index < -0.39 is 5.92 Å². The Bertz CT molecular complexity index is 1050. The van der Waals surface area contributed by atoms with Gasteiger partial charge in [0.1, 0.15) is 17.5 Å². The lowest BCUT2D eigenvalue weighted by atomic mass is 9.85. The van der Waals surface area contributed by atoms with Crippen LogP contribution in [-0.4, -0.2) is 16.6 Å². The number of halogens is 1. The lowest BCUT2D eigenvalue weighted by Crippen LogP contribution is -2.19. The molecule has 4 rings (SSSR count). The zero-order valence-electron chi connectivity index (χ0n) is 16.5. The van der Waals surface area contributed by atoms with Gasteiger partial charge in [-0.15, -0.1) is 0 Å². The van der Waals surface area contributed by atoms with E-state index in [1.807, 2.05) is 44.2 Å². The monoisotopic (exact) mass is 387 g/mol. The van der Waals surface area contributed by atoms with Gasteiger partial charge < -0.3 is 0 Å². The molecular weight excluding hydrogens is 365 g/mol. The number of ketones is 2. The van der Waals surface area contributed by atoms with Crippen molar-refractivity contribution in [3.8, 4) is 11.1 Å². The van der Waals surface area contributed by atoms with Gasteiger partial charge in [-0.3, -0.25) is 14.6 Å². The number of benzene rings is 2. The van der Waals surface area contributed by atoms with Crippen LogP contribution in [0, 0.1) is 25.6 Å².